The SMILES string of the molecule is CCCOc1ccc(C(Br)c2ccc(Br)cc2C)cc1Br. The van der Waals surface area contributed by atoms with Crippen molar-refractivity contribution in [2.45, 2.75) is 25.1 Å². The van der Waals surface area contributed by atoms with E-state index in [-0.39, 0.29) is 4.83 Å². The van der Waals surface area contributed by atoms with Crippen LogP contribution in [0, 0.1) is 6.92 Å². The van der Waals surface area contributed by atoms with Gasteiger partial charge in [0.1, 0.15) is 5.75 Å². The Morgan fingerprint density at radius 3 is 2.48 bits per heavy atom. The zero-order valence-electron chi connectivity index (χ0n) is 12.0. The lowest BCUT2D eigenvalue weighted by Crippen LogP contribution is -1.99. The van der Waals surface area contributed by atoms with Gasteiger partial charge >= 0.3 is 0 Å². The fraction of sp³-hybridized carbons (Fsp3) is 0.294. The minimum absolute atomic E-state index is 0.169. The zero-order chi connectivity index (χ0) is 15.4. The number of hydrogen-bond acceptors (Lipinski definition) is 1. The quantitative estimate of drug-likeness (QED) is 0.431. The van der Waals surface area contributed by atoms with Gasteiger partial charge in [-0.15, -0.1) is 0 Å². The summed E-state index contributed by atoms with van der Waals surface area (Å²) in [4.78, 5) is 0.169. The molecule has 2 aromatic rings. The van der Waals surface area contributed by atoms with Crippen LogP contribution in [-0.4, -0.2) is 6.61 Å². The molecule has 0 bridgehead atoms. The minimum Gasteiger partial charge on any atom is -0.492 e. The van der Waals surface area contributed by atoms with Gasteiger partial charge < -0.3 is 4.74 Å². The third kappa shape index (κ3) is 4.33. The van der Waals surface area contributed by atoms with Crippen molar-refractivity contribution in [1.29, 1.82) is 0 Å². The Morgan fingerprint density at radius 1 is 1.10 bits per heavy atom. The summed E-state index contributed by atoms with van der Waals surface area (Å²) in [5.41, 5.74) is 3.73. The minimum atomic E-state index is 0.169. The summed E-state index contributed by atoms with van der Waals surface area (Å²) >= 11 is 10.9. The first-order valence-corrected chi connectivity index (χ1v) is 9.35. The maximum atomic E-state index is 5.70. The molecular formula is C17H17Br3O. The molecule has 0 radical (unpaired) electrons. The fourth-order valence-electron chi connectivity index (χ4n) is 2.11. The van der Waals surface area contributed by atoms with Crippen molar-refractivity contribution in [3.8, 4) is 5.75 Å². The van der Waals surface area contributed by atoms with Crippen LogP contribution in [0.3, 0.4) is 0 Å². The van der Waals surface area contributed by atoms with E-state index < -0.39 is 0 Å². The van der Waals surface area contributed by atoms with Crippen LogP contribution in [0.1, 0.15) is 34.9 Å². The monoisotopic (exact) mass is 474 g/mol. The molecule has 1 nitrogen and oxygen atoms in total. The molecule has 0 heterocycles. The highest BCUT2D eigenvalue weighted by Crippen LogP contribution is 2.37. The number of hydrogen-bond donors (Lipinski definition) is 0. The Labute approximate surface area is 151 Å². The molecule has 4 heteroatoms. The highest BCUT2D eigenvalue weighted by Gasteiger charge is 2.14. The molecule has 1 atom stereocenters. The molecule has 0 aromatic heterocycles. The van der Waals surface area contributed by atoms with Crippen LogP contribution in [0.2, 0.25) is 0 Å². The standard InChI is InChI=1S/C17H17Br3O/c1-3-8-21-16-7-4-12(10-15(16)19)17(20)14-6-5-13(18)9-11(14)2/h4-7,9-10,17H,3,8H2,1-2H3. The number of benzene rings is 2. The lowest BCUT2D eigenvalue weighted by molar-refractivity contribution is 0.315. The molecule has 0 fully saturated rings. The van der Waals surface area contributed by atoms with Gasteiger partial charge in [-0.1, -0.05) is 50.9 Å². The van der Waals surface area contributed by atoms with Crippen LogP contribution >= 0.6 is 47.8 Å². The average molecular weight is 477 g/mol. The number of halogens is 3. The molecule has 21 heavy (non-hydrogen) atoms. The summed E-state index contributed by atoms with van der Waals surface area (Å²) in [6.07, 6.45) is 1.01. The van der Waals surface area contributed by atoms with Crippen LogP contribution in [0.4, 0.5) is 0 Å². The normalized spacial score (nSPS) is 12.2. The van der Waals surface area contributed by atoms with Gasteiger partial charge in [-0.05, 0) is 70.2 Å². The van der Waals surface area contributed by atoms with E-state index in [2.05, 4.69) is 92.0 Å². The maximum Gasteiger partial charge on any atom is 0.133 e. The van der Waals surface area contributed by atoms with Crippen LogP contribution < -0.4 is 4.74 Å². The van der Waals surface area contributed by atoms with Gasteiger partial charge in [0.15, 0.2) is 0 Å². The van der Waals surface area contributed by atoms with Gasteiger partial charge in [-0.25, -0.2) is 0 Å². The van der Waals surface area contributed by atoms with Crippen molar-refractivity contribution in [2.75, 3.05) is 6.61 Å². The highest BCUT2D eigenvalue weighted by atomic mass is 79.9. The Bertz CT molecular complexity index is 625. The molecule has 0 saturated carbocycles. The molecule has 2 rings (SSSR count). The number of alkyl halides is 1. The fourth-order valence-corrected chi connectivity index (χ4v) is 3.89. The third-order valence-corrected chi connectivity index (χ3v) is 5.35. The van der Waals surface area contributed by atoms with Crippen molar-refractivity contribution < 1.29 is 4.74 Å². The van der Waals surface area contributed by atoms with Gasteiger partial charge in [-0.3, -0.25) is 0 Å². The van der Waals surface area contributed by atoms with Crippen LogP contribution in [0.25, 0.3) is 0 Å². The predicted octanol–water partition coefficient (Wildman–Crippen LogP) is 6.79. The largest absolute Gasteiger partial charge is 0.492 e. The Morgan fingerprint density at radius 2 is 1.86 bits per heavy atom. The van der Waals surface area contributed by atoms with Gasteiger partial charge in [0.25, 0.3) is 0 Å². The Kier molecular flexibility index (Phi) is 6.33. The molecule has 2 aromatic carbocycles. The average Bonchev–Trinajstić information content (AvgIpc) is 2.45. The summed E-state index contributed by atoms with van der Waals surface area (Å²) in [5.74, 6) is 0.896. The van der Waals surface area contributed by atoms with E-state index in [1.54, 1.807) is 0 Å². The van der Waals surface area contributed by atoms with Crippen LogP contribution in [-0.2, 0) is 0 Å². The van der Waals surface area contributed by atoms with E-state index in [0.717, 1.165) is 27.7 Å². The van der Waals surface area contributed by atoms with Crippen LogP contribution in [0.15, 0.2) is 45.3 Å². The third-order valence-electron chi connectivity index (χ3n) is 3.22. The van der Waals surface area contributed by atoms with Gasteiger partial charge in [0.2, 0.25) is 0 Å². The number of rotatable bonds is 5. The summed E-state index contributed by atoms with van der Waals surface area (Å²) in [6, 6.07) is 12.6. The van der Waals surface area contributed by atoms with Crippen LogP contribution in [0.5, 0.6) is 5.75 Å². The smallest absolute Gasteiger partial charge is 0.133 e. The van der Waals surface area contributed by atoms with E-state index in [1.807, 2.05) is 6.07 Å². The number of aryl methyl sites for hydroxylation is 1. The molecule has 0 spiro atoms. The second kappa shape index (κ2) is 7.80. The van der Waals surface area contributed by atoms with E-state index in [4.69, 9.17) is 4.74 Å². The lowest BCUT2D eigenvalue weighted by atomic mass is 10.0. The first kappa shape index (κ1) is 17.0. The van der Waals surface area contributed by atoms with Crippen molar-refractivity contribution in [2.24, 2.45) is 0 Å². The lowest BCUT2D eigenvalue weighted by Gasteiger charge is -2.16. The first-order valence-electron chi connectivity index (χ1n) is 6.85. The van der Waals surface area contributed by atoms with Gasteiger partial charge in [0.05, 0.1) is 15.9 Å². The van der Waals surface area contributed by atoms with Crippen molar-refractivity contribution in [3.05, 3.63) is 62.0 Å². The van der Waals surface area contributed by atoms with E-state index >= 15 is 0 Å². The Balaban J connectivity index is 2.27. The second-order valence-electron chi connectivity index (χ2n) is 4.90. The Hall–Kier alpha value is -0.320. The summed E-state index contributed by atoms with van der Waals surface area (Å²) < 4.78 is 7.80. The van der Waals surface area contributed by atoms with Gasteiger partial charge in [-0.2, -0.15) is 0 Å². The van der Waals surface area contributed by atoms with Gasteiger partial charge in [0, 0.05) is 4.47 Å². The molecule has 0 aliphatic rings. The summed E-state index contributed by atoms with van der Waals surface area (Å²) in [7, 11) is 0. The molecule has 0 N–H and O–H groups in total. The van der Waals surface area contributed by atoms with Crippen molar-refractivity contribution in [3.63, 3.8) is 0 Å². The second-order valence-corrected chi connectivity index (χ2v) is 7.59. The molecule has 112 valence electrons. The van der Waals surface area contributed by atoms with E-state index in [1.165, 1.54) is 16.7 Å². The predicted molar refractivity (Wildman–Crippen MR) is 99.6 cm³/mol. The number of ether oxygens (including phenoxy) is 1. The van der Waals surface area contributed by atoms with Crippen molar-refractivity contribution in [1.82, 2.24) is 0 Å². The molecule has 0 aliphatic carbocycles. The maximum absolute atomic E-state index is 5.70. The topological polar surface area (TPSA) is 9.23 Å². The molecule has 1 unspecified atom stereocenters. The van der Waals surface area contributed by atoms with Crippen molar-refractivity contribution >= 4 is 47.8 Å². The van der Waals surface area contributed by atoms with E-state index in [0.29, 0.717) is 0 Å². The molecular weight excluding hydrogens is 460 g/mol. The molecule has 0 saturated heterocycles. The summed E-state index contributed by atoms with van der Waals surface area (Å²) in [6.45, 7) is 4.97. The highest BCUT2D eigenvalue weighted by molar-refractivity contribution is 9.11. The molecule has 0 aliphatic heterocycles. The molecule has 0 amide bonds. The first-order chi connectivity index (χ1) is 10.0. The zero-order valence-corrected chi connectivity index (χ0v) is 16.8. The van der Waals surface area contributed by atoms with E-state index in [9.17, 15) is 0 Å². The summed E-state index contributed by atoms with van der Waals surface area (Å²) in [5, 5.41) is 0.